The van der Waals surface area contributed by atoms with Crippen LogP contribution in [0.25, 0.3) is 0 Å². The van der Waals surface area contributed by atoms with Gasteiger partial charge in [-0.25, -0.2) is 0 Å². The second-order valence-electron chi connectivity index (χ2n) is 5.78. The second-order valence-corrected chi connectivity index (χ2v) is 5.78. The van der Waals surface area contributed by atoms with Crippen LogP contribution in [0.2, 0.25) is 0 Å². The van der Waals surface area contributed by atoms with E-state index in [1.54, 1.807) is 0 Å². The molecule has 0 amide bonds. The number of anilines is 1. The summed E-state index contributed by atoms with van der Waals surface area (Å²) in [4.78, 5) is 0. The van der Waals surface area contributed by atoms with Crippen LogP contribution >= 0.6 is 0 Å². The van der Waals surface area contributed by atoms with Gasteiger partial charge in [0.15, 0.2) is 0 Å². The summed E-state index contributed by atoms with van der Waals surface area (Å²) in [6.07, 6.45) is 5.01. The molecule has 2 nitrogen and oxygen atoms in total. The summed E-state index contributed by atoms with van der Waals surface area (Å²) < 4.78 is 0. The predicted octanol–water partition coefficient (Wildman–Crippen LogP) is 3.94. The fraction of sp³-hybridized carbons (Fsp3) is 0.533. The molecule has 0 heterocycles. The summed E-state index contributed by atoms with van der Waals surface area (Å²) in [7, 11) is 0. The molecule has 17 heavy (non-hydrogen) atoms. The first kappa shape index (κ1) is 12.0. The van der Waals surface area contributed by atoms with Crippen molar-refractivity contribution >= 4 is 5.69 Å². The van der Waals surface area contributed by atoms with Crippen molar-refractivity contribution in [1.82, 2.24) is 0 Å². The second kappa shape index (κ2) is 4.79. The largest absolute Gasteiger partial charge is 0.382 e. The van der Waals surface area contributed by atoms with E-state index in [-0.39, 0.29) is 0 Å². The molecule has 1 aromatic carbocycles. The van der Waals surface area contributed by atoms with E-state index in [0.29, 0.717) is 11.5 Å². The Morgan fingerprint density at radius 3 is 2.65 bits per heavy atom. The standard InChI is InChI=1S/C15H20N2/c1-15(2)8-6-13(7-9-15)17-14-5-3-4-12(10-14)11-16/h3-5,10,13,17H,6-9H2,1-2H3. The van der Waals surface area contributed by atoms with Gasteiger partial charge >= 0.3 is 0 Å². The predicted molar refractivity (Wildman–Crippen MR) is 70.8 cm³/mol. The lowest BCUT2D eigenvalue weighted by Gasteiger charge is -2.35. The highest BCUT2D eigenvalue weighted by Gasteiger charge is 2.26. The lowest BCUT2D eigenvalue weighted by Crippen LogP contribution is -2.29. The first-order valence-corrected chi connectivity index (χ1v) is 6.36. The lowest BCUT2D eigenvalue weighted by molar-refractivity contribution is 0.232. The maximum absolute atomic E-state index is 8.86. The van der Waals surface area contributed by atoms with E-state index in [1.165, 1.54) is 25.7 Å². The van der Waals surface area contributed by atoms with Crippen molar-refractivity contribution in [3.05, 3.63) is 29.8 Å². The highest BCUT2D eigenvalue weighted by atomic mass is 14.9. The molecule has 0 aromatic heterocycles. The van der Waals surface area contributed by atoms with Gasteiger partial charge in [-0.3, -0.25) is 0 Å². The third-order valence-corrected chi connectivity index (χ3v) is 3.70. The smallest absolute Gasteiger partial charge is 0.0992 e. The maximum Gasteiger partial charge on any atom is 0.0992 e. The van der Waals surface area contributed by atoms with E-state index in [9.17, 15) is 0 Å². The minimum Gasteiger partial charge on any atom is -0.382 e. The molecule has 2 heteroatoms. The van der Waals surface area contributed by atoms with Crippen LogP contribution in [-0.4, -0.2) is 6.04 Å². The van der Waals surface area contributed by atoms with E-state index >= 15 is 0 Å². The first-order chi connectivity index (χ1) is 8.09. The summed E-state index contributed by atoms with van der Waals surface area (Å²) in [5.74, 6) is 0. The van der Waals surface area contributed by atoms with Gasteiger partial charge < -0.3 is 5.32 Å². The summed E-state index contributed by atoms with van der Waals surface area (Å²) in [6.45, 7) is 4.69. The van der Waals surface area contributed by atoms with Crippen LogP contribution in [0, 0.1) is 16.7 Å². The zero-order valence-corrected chi connectivity index (χ0v) is 10.7. The van der Waals surface area contributed by atoms with Crippen molar-refractivity contribution in [3.63, 3.8) is 0 Å². The molecule has 0 aliphatic heterocycles. The molecule has 1 N–H and O–H groups in total. The van der Waals surface area contributed by atoms with Gasteiger partial charge in [-0.05, 0) is 49.3 Å². The molecule has 0 atom stereocenters. The van der Waals surface area contributed by atoms with Gasteiger partial charge in [0.25, 0.3) is 0 Å². The van der Waals surface area contributed by atoms with Crippen LogP contribution in [0.3, 0.4) is 0 Å². The van der Waals surface area contributed by atoms with Gasteiger partial charge in [-0.1, -0.05) is 19.9 Å². The fourth-order valence-electron chi connectivity index (χ4n) is 2.46. The first-order valence-electron chi connectivity index (χ1n) is 6.36. The Labute approximate surface area is 104 Å². The number of nitriles is 1. The lowest BCUT2D eigenvalue weighted by atomic mass is 9.75. The Kier molecular flexibility index (Phi) is 3.38. The van der Waals surface area contributed by atoms with Gasteiger partial charge in [0.1, 0.15) is 0 Å². The van der Waals surface area contributed by atoms with Crippen molar-refractivity contribution in [2.45, 2.75) is 45.6 Å². The highest BCUT2D eigenvalue weighted by molar-refractivity contribution is 5.49. The molecule has 0 saturated heterocycles. The topological polar surface area (TPSA) is 35.8 Å². The normalized spacial score (nSPS) is 19.6. The van der Waals surface area contributed by atoms with Crippen LogP contribution < -0.4 is 5.32 Å². The van der Waals surface area contributed by atoms with Crippen LogP contribution in [0.4, 0.5) is 5.69 Å². The Bertz CT molecular complexity index is 419. The SMILES string of the molecule is CC1(C)CCC(Nc2cccc(C#N)c2)CC1. The van der Waals surface area contributed by atoms with Gasteiger partial charge in [0.05, 0.1) is 11.6 Å². The van der Waals surface area contributed by atoms with Crippen LogP contribution in [-0.2, 0) is 0 Å². The molecule has 1 aliphatic carbocycles. The van der Waals surface area contributed by atoms with Crippen molar-refractivity contribution < 1.29 is 0 Å². The molecular weight excluding hydrogens is 208 g/mol. The third kappa shape index (κ3) is 3.23. The average Bonchev–Trinajstić information content (AvgIpc) is 2.32. The summed E-state index contributed by atoms with van der Waals surface area (Å²) in [5.41, 5.74) is 2.31. The van der Waals surface area contributed by atoms with Gasteiger partial charge in [-0.2, -0.15) is 5.26 Å². The molecular formula is C15H20N2. The minimum atomic E-state index is 0.507. The number of nitrogens with one attached hydrogen (secondary N) is 1. The molecule has 1 aliphatic rings. The van der Waals surface area contributed by atoms with Crippen molar-refractivity contribution in [2.24, 2.45) is 5.41 Å². The van der Waals surface area contributed by atoms with E-state index in [1.807, 2.05) is 24.3 Å². The van der Waals surface area contributed by atoms with Gasteiger partial charge in [0, 0.05) is 11.7 Å². The number of nitrogens with zero attached hydrogens (tertiary/aromatic N) is 1. The zero-order chi connectivity index (χ0) is 12.3. The molecule has 1 aromatic rings. The Morgan fingerprint density at radius 2 is 2.00 bits per heavy atom. The molecule has 1 fully saturated rings. The number of hydrogen-bond acceptors (Lipinski definition) is 2. The molecule has 0 spiro atoms. The minimum absolute atomic E-state index is 0.507. The van der Waals surface area contributed by atoms with Gasteiger partial charge in [-0.15, -0.1) is 0 Å². The molecule has 0 unspecified atom stereocenters. The van der Waals surface area contributed by atoms with Crippen LogP contribution in [0.5, 0.6) is 0 Å². The summed E-state index contributed by atoms with van der Waals surface area (Å²) in [6, 6.07) is 10.5. The van der Waals surface area contributed by atoms with Crippen molar-refractivity contribution in [1.29, 1.82) is 5.26 Å². The molecule has 1 saturated carbocycles. The zero-order valence-electron chi connectivity index (χ0n) is 10.7. The summed E-state index contributed by atoms with van der Waals surface area (Å²) in [5, 5.41) is 12.4. The monoisotopic (exact) mass is 228 g/mol. The molecule has 0 radical (unpaired) electrons. The number of rotatable bonds is 2. The quantitative estimate of drug-likeness (QED) is 0.832. The van der Waals surface area contributed by atoms with Gasteiger partial charge in [0.2, 0.25) is 0 Å². The molecule has 2 rings (SSSR count). The number of hydrogen-bond donors (Lipinski definition) is 1. The van der Waals surface area contributed by atoms with Crippen LogP contribution in [0.15, 0.2) is 24.3 Å². The van der Waals surface area contributed by atoms with Crippen molar-refractivity contribution in [3.8, 4) is 6.07 Å². The molecule has 0 bridgehead atoms. The fourth-order valence-corrected chi connectivity index (χ4v) is 2.46. The average molecular weight is 228 g/mol. The summed E-state index contributed by atoms with van der Waals surface area (Å²) >= 11 is 0. The molecule has 90 valence electrons. The maximum atomic E-state index is 8.86. The van der Waals surface area contributed by atoms with E-state index in [2.05, 4.69) is 25.2 Å². The van der Waals surface area contributed by atoms with E-state index in [4.69, 9.17) is 5.26 Å². The Hall–Kier alpha value is -1.49. The van der Waals surface area contributed by atoms with E-state index in [0.717, 1.165) is 11.3 Å². The Balaban J connectivity index is 1.96. The van der Waals surface area contributed by atoms with Crippen molar-refractivity contribution in [2.75, 3.05) is 5.32 Å². The highest BCUT2D eigenvalue weighted by Crippen LogP contribution is 2.36. The van der Waals surface area contributed by atoms with Crippen LogP contribution in [0.1, 0.15) is 45.1 Å². The van der Waals surface area contributed by atoms with E-state index < -0.39 is 0 Å². The third-order valence-electron chi connectivity index (χ3n) is 3.70. The number of benzene rings is 1. The Morgan fingerprint density at radius 1 is 1.29 bits per heavy atom.